The molecule has 2 atom stereocenters. The Hall–Kier alpha value is -1.11. The summed E-state index contributed by atoms with van der Waals surface area (Å²) in [6.07, 6.45) is 1.94. The Kier molecular flexibility index (Phi) is 6.44. The van der Waals surface area contributed by atoms with Gasteiger partial charge in [-0.05, 0) is 18.4 Å². The molecule has 23 heavy (non-hydrogen) atoms. The molecule has 1 saturated heterocycles. The third-order valence-corrected chi connectivity index (χ3v) is 6.47. The number of nitrogens with zero attached hydrogens (tertiary/aromatic N) is 1. The van der Waals surface area contributed by atoms with Crippen molar-refractivity contribution in [1.29, 1.82) is 0 Å². The van der Waals surface area contributed by atoms with E-state index in [2.05, 4.69) is 12.2 Å². The van der Waals surface area contributed by atoms with E-state index in [1.807, 2.05) is 31.2 Å². The van der Waals surface area contributed by atoms with E-state index in [1.165, 1.54) is 0 Å². The molecule has 2 rings (SSSR count). The molecule has 0 aromatic heterocycles. The number of benzene rings is 1. The summed E-state index contributed by atoms with van der Waals surface area (Å²) in [5.41, 5.74) is 0.925. The van der Waals surface area contributed by atoms with Gasteiger partial charge in [0.05, 0.1) is 18.9 Å². The topological polar surface area (TPSA) is 58.6 Å². The maximum Gasteiger partial charge on any atom is 0.215 e. The molecule has 1 fully saturated rings. The molecule has 0 spiro atoms. The normalized spacial score (nSPS) is 21.1. The van der Waals surface area contributed by atoms with Crippen molar-refractivity contribution in [3.8, 4) is 5.75 Å². The summed E-state index contributed by atoms with van der Waals surface area (Å²) in [7, 11) is -1.67. The van der Waals surface area contributed by atoms with Crippen LogP contribution >= 0.6 is 0 Å². The Balaban J connectivity index is 2.27. The highest BCUT2D eigenvalue weighted by molar-refractivity contribution is 7.89. The average Bonchev–Trinajstić information content (AvgIpc) is 2.54. The monoisotopic (exact) mass is 340 g/mol. The quantitative estimate of drug-likeness (QED) is 0.828. The van der Waals surface area contributed by atoms with Gasteiger partial charge in [-0.1, -0.05) is 38.5 Å². The predicted molar refractivity (Wildman–Crippen MR) is 93.2 cm³/mol. The second-order valence-corrected chi connectivity index (χ2v) is 8.21. The summed E-state index contributed by atoms with van der Waals surface area (Å²) < 4.78 is 32.9. The number of methoxy groups -OCH3 is 1. The van der Waals surface area contributed by atoms with E-state index >= 15 is 0 Å². The number of para-hydroxylation sites is 1. The Morgan fingerprint density at radius 1 is 1.39 bits per heavy atom. The zero-order valence-electron chi connectivity index (χ0n) is 14.3. The van der Waals surface area contributed by atoms with Crippen molar-refractivity contribution in [3.05, 3.63) is 29.8 Å². The minimum absolute atomic E-state index is 0.179. The van der Waals surface area contributed by atoms with Gasteiger partial charge in [-0.2, -0.15) is 4.31 Å². The van der Waals surface area contributed by atoms with Crippen LogP contribution in [0.25, 0.3) is 0 Å². The summed E-state index contributed by atoms with van der Waals surface area (Å²) in [6.45, 7) is 5.91. The van der Waals surface area contributed by atoms with Gasteiger partial charge in [0.2, 0.25) is 10.0 Å². The fourth-order valence-electron chi connectivity index (χ4n) is 3.26. The third-order valence-electron chi connectivity index (χ3n) is 4.33. The lowest BCUT2D eigenvalue weighted by Gasteiger charge is -2.36. The number of piperazine rings is 1. The molecule has 130 valence electrons. The van der Waals surface area contributed by atoms with Crippen LogP contribution in [0.15, 0.2) is 24.3 Å². The van der Waals surface area contributed by atoms with Crippen molar-refractivity contribution in [2.24, 2.45) is 5.92 Å². The van der Waals surface area contributed by atoms with Crippen LogP contribution < -0.4 is 10.1 Å². The molecule has 1 N–H and O–H groups in total. The fourth-order valence-corrected chi connectivity index (χ4v) is 5.28. The standard InChI is InChI=1S/C17H28N2O3S/c1-4-7-14(2)13-23(20,21)19-11-10-18-12-16(19)15-8-5-6-9-17(15)22-3/h5-6,8-9,14,16,18H,4,7,10-13H2,1-3H3. The van der Waals surface area contributed by atoms with Gasteiger partial charge in [0.15, 0.2) is 0 Å². The first-order valence-corrected chi connectivity index (χ1v) is 9.93. The molecule has 2 unspecified atom stereocenters. The molecule has 0 bridgehead atoms. The van der Waals surface area contributed by atoms with Crippen LogP contribution in [0.5, 0.6) is 5.75 Å². The number of sulfonamides is 1. The second kappa shape index (κ2) is 8.13. The van der Waals surface area contributed by atoms with Crippen LogP contribution in [0.1, 0.15) is 38.3 Å². The van der Waals surface area contributed by atoms with Crippen LogP contribution in [-0.4, -0.2) is 45.2 Å². The summed E-state index contributed by atoms with van der Waals surface area (Å²) in [4.78, 5) is 0. The number of hydrogen-bond acceptors (Lipinski definition) is 4. The highest BCUT2D eigenvalue weighted by Crippen LogP contribution is 2.32. The van der Waals surface area contributed by atoms with Crippen LogP contribution in [0, 0.1) is 5.92 Å². The van der Waals surface area contributed by atoms with E-state index in [4.69, 9.17) is 4.74 Å². The first-order chi connectivity index (χ1) is 11.0. The largest absolute Gasteiger partial charge is 0.496 e. The minimum Gasteiger partial charge on any atom is -0.496 e. The maximum absolute atomic E-state index is 12.9. The highest BCUT2D eigenvalue weighted by atomic mass is 32.2. The van der Waals surface area contributed by atoms with Gasteiger partial charge in [0.25, 0.3) is 0 Å². The third kappa shape index (κ3) is 4.46. The van der Waals surface area contributed by atoms with Crippen LogP contribution in [0.2, 0.25) is 0 Å². The van der Waals surface area contributed by atoms with E-state index in [0.29, 0.717) is 19.6 Å². The lowest BCUT2D eigenvalue weighted by molar-refractivity contribution is 0.263. The maximum atomic E-state index is 12.9. The summed E-state index contributed by atoms with van der Waals surface area (Å²) in [5.74, 6) is 1.13. The molecule has 1 aliphatic heterocycles. The van der Waals surface area contributed by atoms with E-state index in [9.17, 15) is 8.42 Å². The highest BCUT2D eigenvalue weighted by Gasteiger charge is 2.35. The van der Waals surface area contributed by atoms with Gasteiger partial charge >= 0.3 is 0 Å². The van der Waals surface area contributed by atoms with Crippen molar-refractivity contribution in [3.63, 3.8) is 0 Å². The molecular formula is C17H28N2O3S. The SMILES string of the molecule is CCCC(C)CS(=O)(=O)N1CCNCC1c1ccccc1OC. The average molecular weight is 340 g/mol. The van der Waals surface area contributed by atoms with Gasteiger partial charge in [-0.3, -0.25) is 0 Å². The smallest absolute Gasteiger partial charge is 0.215 e. The van der Waals surface area contributed by atoms with Crippen LogP contribution in [-0.2, 0) is 10.0 Å². The van der Waals surface area contributed by atoms with Gasteiger partial charge in [-0.25, -0.2) is 8.42 Å². The first-order valence-electron chi connectivity index (χ1n) is 8.32. The molecule has 1 aromatic rings. The van der Waals surface area contributed by atoms with Gasteiger partial charge in [0, 0.05) is 25.2 Å². The number of hydrogen-bond donors (Lipinski definition) is 1. The summed E-state index contributed by atoms with van der Waals surface area (Å²) in [5, 5.41) is 3.30. The molecule has 6 heteroatoms. The summed E-state index contributed by atoms with van der Waals surface area (Å²) in [6, 6.07) is 7.46. The van der Waals surface area contributed by atoms with Gasteiger partial charge in [-0.15, -0.1) is 0 Å². The number of rotatable bonds is 7. The molecule has 5 nitrogen and oxygen atoms in total. The minimum atomic E-state index is -3.29. The van der Waals surface area contributed by atoms with Gasteiger partial charge in [0.1, 0.15) is 5.75 Å². The fraction of sp³-hybridized carbons (Fsp3) is 0.647. The van der Waals surface area contributed by atoms with Gasteiger partial charge < -0.3 is 10.1 Å². The number of ether oxygens (including phenoxy) is 1. The first kappa shape index (κ1) is 18.2. The Bertz CT molecular complexity index is 604. The lowest BCUT2D eigenvalue weighted by atomic mass is 10.0. The number of nitrogens with one attached hydrogen (secondary N) is 1. The molecule has 0 saturated carbocycles. The van der Waals surface area contributed by atoms with Crippen molar-refractivity contribution >= 4 is 10.0 Å². The van der Waals surface area contributed by atoms with E-state index in [0.717, 1.165) is 24.2 Å². The van der Waals surface area contributed by atoms with E-state index < -0.39 is 10.0 Å². The van der Waals surface area contributed by atoms with Crippen molar-refractivity contribution in [1.82, 2.24) is 9.62 Å². The Morgan fingerprint density at radius 2 is 2.13 bits per heavy atom. The summed E-state index contributed by atoms with van der Waals surface area (Å²) >= 11 is 0. The van der Waals surface area contributed by atoms with E-state index in [-0.39, 0.29) is 17.7 Å². The molecule has 1 heterocycles. The van der Waals surface area contributed by atoms with E-state index in [1.54, 1.807) is 11.4 Å². The molecular weight excluding hydrogens is 312 g/mol. The van der Waals surface area contributed by atoms with Crippen molar-refractivity contribution in [2.75, 3.05) is 32.5 Å². The molecule has 0 amide bonds. The zero-order chi connectivity index (χ0) is 16.9. The molecule has 0 radical (unpaired) electrons. The molecule has 1 aliphatic rings. The Labute approximate surface area is 140 Å². The van der Waals surface area contributed by atoms with Crippen LogP contribution in [0.3, 0.4) is 0 Å². The molecule has 0 aliphatic carbocycles. The lowest BCUT2D eigenvalue weighted by Crippen LogP contribution is -2.49. The Morgan fingerprint density at radius 3 is 2.83 bits per heavy atom. The second-order valence-electron chi connectivity index (χ2n) is 6.24. The van der Waals surface area contributed by atoms with Crippen LogP contribution in [0.4, 0.5) is 0 Å². The van der Waals surface area contributed by atoms with Crippen molar-refractivity contribution in [2.45, 2.75) is 32.7 Å². The predicted octanol–water partition coefficient (Wildman–Crippen LogP) is 2.41. The zero-order valence-corrected chi connectivity index (χ0v) is 15.1. The van der Waals surface area contributed by atoms with Crippen molar-refractivity contribution < 1.29 is 13.2 Å². The molecule has 1 aromatic carbocycles.